The lowest BCUT2D eigenvalue weighted by Crippen LogP contribution is -1.84. The minimum Gasteiger partial charge on any atom is -0.507 e. The van der Waals surface area contributed by atoms with Gasteiger partial charge in [0.15, 0.2) is 5.58 Å². The van der Waals surface area contributed by atoms with Gasteiger partial charge in [-0.05, 0) is 67.1 Å². The first kappa shape index (κ1) is 21.2. The van der Waals surface area contributed by atoms with Crippen LogP contribution in [-0.4, -0.2) is 27.6 Å². The third-order valence-corrected chi connectivity index (χ3v) is 5.40. The number of para-hydroxylation sites is 2. The standard InChI is InChI=1S/C28H21N3O3/c1-18-10-11-19(14-23(18)30-17-21-7-3-5-9-26(21)33)28-31-24-15-22(12-13-27(24)34-28)29-16-20-6-2-4-8-25(20)32/h2-17,32-33H,1H3. The summed E-state index contributed by atoms with van der Waals surface area (Å²) in [6, 6.07) is 25.4. The largest absolute Gasteiger partial charge is 0.507 e. The van der Waals surface area contributed by atoms with Gasteiger partial charge in [0.25, 0.3) is 0 Å². The molecule has 2 N–H and O–H groups in total. The van der Waals surface area contributed by atoms with Crippen LogP contribution in [-0.2, 0) is 0 Å². The molecule has 0 radical (unpaired) electrons. The monoisotopic (exact) mass is 447 g/mol. The Labute approximate surface area is 196 Å². The van der Waals surface area contributed by atoms with E-state index in [1.54, 1.807) is 48.8 Å². The van der Waals surface area contributed by atoms with Gasteiger partial charge in [0, 0.05) is 29.1 Å². The zero-order valence-corrected chi connectivity index (χ0v) is 18.4. The Kier molecular flexibility index (Phi) is 5.62. The number of phenols is 2. The van der Waals surface area contributed by atoms with E-state index < -0.39 is 0 Å². The summed E-state index contributed by atoms with van der Waals surface area (Å²) in [6.45, 7) is 1.97. The van der Waals surface area contributed by atoms with Gasteiger partial charge in [0.1, 0.15) is 17.0 Å². The van der Waals surface area contributed by atoms with Gasteiger partial charge in [-0.25, -0.2) is 4.98 Å². The number of aromatic hydroxyl groups is 2. The fourth-order valence-electron chi connectivity index (χ4n) is 3.48. The number of oxazole rings is 1. The number of hydrogen-bond donors (Lipinski definition) is 2. The highest BCUT2D eigenvalue weighted by molar-refractivity contribution is 5.88. The fraction of sp³-hybridized carbons (Fsp3) is 0.0357. The molecule has 5 aromatic rings. The van der Waals surface area contributed by atoms with Crippen molar-refractivity contribution in [2.24, 2.45) is 9.98 Å². The third kappa shape index (κ3) is 4.42. The predicted octanol–water partition coefficient (Wildman–Crippen LogP) is 6.72. The Morgan fingerprint density at radius 2 is 1.44 bits per heavy atom. The van der Waals surface area contributed by atoms with Gasteiger partial charge in [-0.1, -0.05) is 30.3 Å². The molecule has 0 aliphatic heterocycles. The van der Waals surface area contributed by atoms with Gasteiger partial charge in [-0.2, -0.15) is 0 Å². The molecule has 0 unspecified atom stereocenters. The molecular weight excluding hydrogens is 426 g/mol. The molecule has 166 valence electrons. The highest BCUT2D eigenvalue weighted by Gasteiger charge is 2.11. The molecule has 1 heterocycles. The van der Waals surface area contributed by atoms with Crippen molar-refractivity contribution < 1.29 is 14.6 Å². The Morgan fingerprint density at radius 1 is 0.765 bits per heavy atom. The van der Waals surface area contributed by atoms with Crippen LogP contribution in [0.1, 0.15) is 16.7 Å². The minimum absolute atomic E-state index is 0.177. The maximum atomic E-state index is 9.97. The van der Waals surface area contributed by atoms with E-state index in [1.807, 2.05) is 55.5 Å². The number of benzene rings is 4. The molecule has 6 heteroatoms. The SMILES string of the molecule is Cc1ccc(-c2nc3cc(N=Cc4ccccc4O)ccc3o2)cc1N=Cc1ccccc1O. The normalized spacial score (nSPS) is 11.7. The quantitative estimate of drug-likeness (QED) is 0.293. The van der Waals surface area contributed by atoms with E-state index in [1.165, 1.54) is 0 Å². The molecule has 0 atom stereocenters. The highest BCUT2D eigenvalue weighted by Crippen LogP contribution is 2.31. The minimum atomic E-state index is 0.177. The summed E-state index contributed by atoms with van der Waals surface area (Å²) in [5.74, 6) is 0.840. The molecule has 4 aromatic carbocycles. The summed E-state index contributed by atoms with van der Waals surface area (Å²) >= 11 is 0. The summed E-state index contributed by atoms with van der Waals surface area (Å²) in [4.78, 5) is 13.6. The molecule has 0 saturated heterocycles. The lowest BCUT2D eigenvalue weighted by atomic mass is 10.1. The smallest absolute Gasteiger partial charge is 0.227 e. The molecule has 6 nitrogen and oxygen atoms in total. The van der Waals surface area contributed by atoms with Gasteiger partial charge in [0.05, 0.1) is 11.4 Å². The van der Waals surface area contributed by atoms with Crippen LogP contribution in [0, 0.1) is 6.92 Å². The number of hydrogen-bond acceptors (Lipinski definition) is 6. The van der Waals surface area contributed by atoms with Crippen molar-refractivity contribution in [2.45, 2.75) is 6.92 Å². The van der Waals surface area contributed by atoms with E-state index in [0.717, 1.165) is 16.8 Å². The van der Waals surface area contributed by atoms with Crippen LogP contribution >= 0.6 is 0 Å². The van der Waals surface area contributed by atoms with Crippen molar-refractivity contribution in [2.75, 3.05) is 0 Å². The molecule has 0 aliphatic carbocycles. The summed E-state index contributed by atoms with van der Waals surface area (Å²) in [6.07, 6.45) is 3.26. The molecule has 0 saturated carbocycles. The summed E-state index contributed by atoms with van der Waals surface area (Å²) in [7, 11) is 0. The number of aliphatic imine (C=N–C) groups is 2. The van der Waals surface area contributed by atoms with Crippen LogP contribution in [0.25, 0.3) is 22.6 Å². The molecule has 0 aliphatic rings. The molecule has 34 heavy (non-hydrogen) atoms. The number of aryl methyl sites for hydroxylation is 1. The third-order valence-electron chi connectivity index (χ3n) is 5.40. The molecule has 0 bridgehead atoms. The number of fused-ring (bicyclic) bond motifs is 1. The zero-order valence-electron chi connectivity index (χ0n) is 18.4. The van der Waals surface area contributed by atoms with Crippen LogP contribution in [0.4, 0.5) is 11.4 Å². The zero-order chi connectivity index (χ0) is 23.5. The number of phenolic OH excluding ortho intramolecular Hbond substituents is 2. The molecule has 1 aromatic heterocycles. The van der Waals surface area contributed by atoms with Gasteiger partial charge in [-0.15, -0.1) is 0 Å². The highest BCUT2D eigenvalue weighted by atomic mass is 16.3. The topological polar surface area (TPSA) is 91.2 Å². The van der Waals surface area contributed by atoms with Crippen molar-refractivity contribution in [3.8, 4) is 23.0 Å². The van der Waals surface area contributed by atoms with Crippen molar-refractivity contribution in [3.63, 3.8) is 0 Å². The molecule has 5 rings (SSSR count). The first-order valence-corrected chi connectivity index (χ1v) is 10.7. The Balaban J connectivity index is 1.44. The van der Waals surface area contributed by atoms with Crippen LogP contribution in [0.15, 0.2) is 99.3 Å². The predicted molar refractivity (Wildman–Crippen MR) is 135 cm³/mol. The maximum Gasteiger partial charge on any atom is 0.227 e. The Morgan fingerprint density at radius 3 is 2.15 bits per heavy atom. The molecule has 0 spiro atoms. The average molecular weight is 447 g/mol. The van der Waals surface area contributed by atoms with E-state index in [4.69, 9.17) is 4.42 Å². The van der Waals surface area contributed by atoms with Crippen LogP contribution in [0.3, 0.4) is 0 Å². The number of rotatable bonds is 5. The molecular formula is C28H21N3O3. The van der Waals surface area contributed by atoms with E-state index in [0.29, 0.717) is 33.8 Å². The van der Waals surface area contributed by atoms with E-state index >= 15 is 0 Å². The maximum absolute atomic E-state index is 9.97. The Hall–Kier alpha value is -4.71. The van der Waals surface area contributed by atoms with Gasteiger partial charge in [-0.3, -0.25) is 9.98 Å². The Bertz CT molecular complexity index is 1550. The molecule has 0 fully saturated rings. The second-order valence-electron chi connectivity index (χ2n) is 7.81. The van der Waals surface area contributed by atoms with Gasteiger partial charge >= 0.3 is 0 Å². The van der Waals surface area contributed by atoms with Crippen LogP contribution < -0.4 is 0 Å². The van der Waals surface area contributed by atoms with Gasteiger partial charge in [0.2, 0.25) is 5.89 Å². The lowest BCUT2D eigenvalue weighted by Gasteiger charge is -2.03. The van der Waals surface area contributed by atoms with Crippen molar-refractivity contribution in [1.82, 2.24) is 4.98 Å². The van der Waals surface area contributed by atoms with Crippen molar-refractivity contribution in [1.29, 1.82) is 0 Å². The second-order valence-corrected chi connectivity index (χ2v) is 7.81. The number of nitrogens with zero attached hydrogens (tertiary/aromatic N) is 3. The lowest BCUT2D eigenvalue weighted by molar-refractivity contribution is 0.474. The first-order chi connectivity index (χ1) is 16.6. The molecule has 0 amide bonds. The van der Waals surface area contributed by atoms with Crippen LogP contribution in [0.5, 0.6) is 11.5 Å². The fourth-order valence-corrected chi connectivity index (χ4v) is 3.48. The van der Waals surface area contributed by atoms with Crippen molar-refractivity contribution in [3.05, 3.63) is 102 Å². The first-order valence-electron chi connectivity index (χ1n) is 10.7. The van der Waals surface area contributed by atoms with E-state index in [-0.39, 0.29) is 11.5 Å². The van der Waals surface area contributed by atoms with E-state index in [2.05, 4.69) is 15.0 Å². The average Bonchev–Trinajstić information content (AvgIpc) is 3.27. The second kappa shape index (κ2) is 9.03. The van der Waals surface area contributed by atoms with Crippen molar-refractivity contribution >= 4 is 34.9 Å². The summed E-state index contributed by atoms with van der Waals surface area (Å²) in [5, 5.41) is 19.9. The number of aromatic nitrogens is 1. The van der Waals surface area contributed by atoms with Crippen LogP contribution in [0.2, 0.25) is 0 Å². The van der Waals surface area contributed by atoms with E-state index in [9.17, 15) is 10.2 Å². The summed E-state index contributed by atoms with van der Waals surface area (Å²) < 4.78 is 5.97. The summed E-state index contributed by atoms with van der Waals surface area (Å²) in [5.41, 5.74) is 5.87. The van der Waals surface area contributed by atoms with Gasteiger partial charge < -0.3 is 14.6 Å².